The summed E-state index contributed by atoms with van der Waals surface area (Å²) in [6.07, 6.45) is 0.914. The lowest BCUT2D eigenvalue weighted by atomic mass is 10.0. The Morgan fingerprint density at radius 3 is 2.72 bits per heavy atom. The Balaban J connectivity index is 2.44. The average Bonchev–Trinajstić information content (AvgIpc) is 2.39. The summed E-state index contributed by atoms with van der Waals surface area (Å²) in [5.74, 6) is -0.384. The van der Waals surface area contributed by atoms with Crippen LogP contribution in [0.1, 0.15) is 15.9 Å². The molecule has 0 bridgehead atoms. The molecule has 2 aromatic rings. The van der Waals surface area contributed by atoms with Crippen LogP contribution in [0.25, 0.3) is 11.1 Å². The van der Waals surface area contributed by atoms with Crippen LogP contribution in [0.5, 0.6) is 0 Å². The van der Waals surface area contributed by atoms with E-state index < -0.39 is 0 Å². The molecule has 0 aromatic heterocycles. The molecular weight excluding hydrogens is 229 g/mol. The van der Waals surface area contributed by atoms with Crippen molar-refractivity contribution in [2.75, 3.05) is 0 Å². The second-order valence-electron chi connectivity index (χ2n) is 3.89. The van der Waals surface area contributed by atoms with E-state index in [0.717, 1.165) is 6.29 Å². The van der Waals surface area contributed by atoms with Gasteiger partial charge in [0.1, 0.15) is 12.1 Å². The Bertz CT molecular complexity index is 629. The fraction of sp³-hybridized carbons (Fsp3) is 0.0667. The van der Waals surface area contributed by atoms with Gasteiger partial charge in [0.2, 0.25) is 0 Å². The van der Waals surface area contributed by atoms with Crippen molar-refractivity contribution in [2.45, 2.75) is 6.42 Å². The smallest absolute Gasteiger partial charge is 0.150 e. The molecule has 18 heavy (non-hydrogen) atoms. The number of benzene rings is 2. The molecule has 0 aliphatic heterocycles. The van der Waals surface area contributed by atoms with Crippen LogP contribution in [0, 0.1) is 17.1 Å². The van der Waals surface area contributed by atoms with Crippen LogP contribution < -0.4 is 0 Å². The molecule has 0 aliphatic rings. The Morgan fingerprint density at radius 1 is 1.22 bits per heavy atom. The molecule has 0 saturated carbocycles. The van der Waals surface area contributed by atoms with E-state index in [0.29, 0.717) is 22.3 Å². The van der Waals surface area contributed by atoms with Crippen molar-refractivity contribution in [1.29, 1.82) is 5.26 Å². The van der Waals surface area contributed by atoms with Gasteiger partial charge in [-0.2, -0.15) is 5.26 Å². The molecule has 0 atom stereocenters. The van der Waals surface area contributed by atoms with Crippen LogP contribution in [-0.4, -0.2) is 6.29 Å². The first-order chi connectivity index (χ1) is 8.74. The van der Waals surface area contributed by atoms with Crippen LogP contribution in [0.4, 0.5) is 4.39 Å². The summed E-state index contributed by atoms with van der Waals surface area (Å²) in [5.41, 5.74) is 2.24. The molecule has 0 amide bonds. The Hall–Kier alpha value is -2.47. The SMILES string of the molecule is N#CCc1ccc(-c2cccc(C=O)c2)c(F)c1. The van der Waals surface area contributed by atoms with Gasteiger partial charge in [-0.3, -0.25) is 4.79 Å². The van der Waals surface area contributed by atoms with Gasteiger partial charge in [0.15, 0.2) is 0 Å². The molecule has 0 radical (unpaired) electrons. The van der Waals surface area contributed by atoms with Crippen molar-refractivity contribution in [2.24, 2.45) is 0 Å². The largest absolute Gasteiger partial charge is 0.298 e. The highest BCUT2D eigenvalue weighted by molar-refractivity contribution is 5.79. The van der Waals surface area contributed by atoms with Gasteiger partial charge in [-0.15, -0.1) is 0 Å². The van der Waals surface area contributed by atoms with Gasteiger partial charge < -0.3 is 0 Å². The minimum atomic E-state index is -0.384. The quantitative estimate of drug-likeness (QED) is 0.770. The average molecular weight is 239 g/mol. The molecule has 0 unspecified atom stereocenters. The van der Waals surface area contributed by atoms with Crippen molar-refractivity contribution in [1.82, 2.24) is 0 Å². The summed E-state index contributed by atoms with van der Waals surface area (Å²) in [7, 11) is 0. The van der Waals surface area contributed by atoms with Crippen LogP contribution >= 0.6 is 0 Å². The minimum absolute atomic E-state index is 0.186. The molecule has 2 nitrogen and oxygen atoms in total. The topological polar surface area (TPSA) is 40.9 Å². The van der Waals surface area contributed by atoms with E-state index in [4.69, 9.17) is 5.26 Å². The molecule has 0 heterocycles. The van der Waals surface area contributed by atoms with E-state index in [2.05, 4.69) is 0 Å². The zero-order chi connectivity index (χ0) is 13.0. The molecule has 3 heteroatoms. The minimum Gasteiger partial charge on any atom is -0.298 e. The van der Waals surface area contributed by atoms with E-state index in [9.17, 15) is 9.18 Å². The van der Waals surface area contributed by atoms with E-state index in [1.807, 2.05) is 6.07 Å². The standard InChI is InChI=1S/C15H10FNO/c16-15-9-11(6-7-17)4-5-14(15)13-3-1-2-12(8-13)10-18/h1-5,8-10H,6H2. The number of rotatable bonds is 3. The van der Waals surface area contributed by atoms with Gasteiger partial charge in [-0.1, -0.05) is 30.3 Å². The van der Waals surface area contributed by atoms with Gasteiger partial charge in [0.05, 0.1) is 12.5 Å². The number of nitriles is 1. The number of aldehydes is 1. The summed E-state index contributed by atoms with van der Waals surface area (Å²) < 4.78 is 13.9. The first kappa shape index (κ1) is 12.0. The van der Waals surface area contributed by atoms with Crippen LogP contribution in [0.3, 0.4) is 0 Å². The molecule has 0 aliphatic carbocycles. The third-order valence-corrected chi connectivity index (χ3v) is 2.65. The Morgan fingerprint density at radius 2 is 2.06 bits per heavy atom. The summed E-state index contributed by atoms with van der Waals surface area (Å²) >= 11 is 0. The van der Waals surface area contributed by atoms with Gasteiger partial charge in [0, 0.05) is 11.1 Å². The predicted molar refractivity (Wildman–Crippen MR) is 66.5 cm³/mol. The van der Waals surface area contributed by atoms with Crippen molar-refractivity contribution >= 4 is 6.29 Å². The lowest BCUT2D eigenvalue weighted by Crippen LogP contribution is -1.89. The molecule has 2 aromatic carbocycles. The number of carbonyl (C=O) groups excluding carboxylic acids is 1. The van der Waals surface area contributed by atoms with Crippen LogP contribution in [0.15, 0.2) is 42.5 Å². The third kappa shape index (κ3) is 2.44. The molecular formula is C15H10FNO. The van der Waals surface area contributed by atoms with Gasteiger partial charge in [0.25, 0.3) is 0 Å². The van der Waals surface area contributed by atoms with E-state index in [-0.39, 0.29) is 12.2 Å². The molecule has 0 spiro atoms. The summed E-state index contributed by atoms with van der Waals surface area (Å²) in [5, 5.41) is 8.55. The molecule has 0 fully saturated rings. The van der Waals surface area contributed by atoms with Gasteiger partial charge in [-0.25, -0.2) is 4.39 Å². The monoisotopic (exact) mass is 239 g/mol. The van der Waals surface area contributed by atoms with Crippen molar-refractivity contribution in [3.63, 3.8) is 0 Å². The maximum Gasteiger partial charge on any atom is 0.150 e. The molecule has 0 N–H and O–H groups in total. The van der Waals surface area contributed by atoms with Crippen molar-refractivity contribution < 1.29 is 9.18 Å². The van der Waals surface area contributed by atoms with Gasteiger partial charge in [-0.05, 0) is 23.3 Å². The van der Waals surface area contributed by atoms with E-state index in [1.165, 1.54) is 6.07 Å². The molecule has 2 rings (SSSR count). The lowest BCUT2D eigenvalue weighted by Gasteiger charge is -2.05. The summed E-state index contributed by atoms with van der Waals surface area (Å²) in [4.78, 5) is 10.7. The number of hydrogen-bond donors (Lipinski definition) is 0. The number of halogens is 1. The first-order valence-electron chi connectivity index (χ1n) is 5.45. The highest BCUT2D eigenvalue weighted by Crippen LogP contribution is 2.24. The Kier molecular flexibility index (Phi) is 3.49. The van der Waals surface area contributed by atoms with Crippen molar-refractivity contribution in [3.8, 4) is 17.2 Å². The maximum absolute atomic E-state index is 13.9. The summed E-state index contributed by atoms with van der Waals surface area (Å²) in [6, 6.07) is 13.4. The molecule has 88 valence electrons. The van der Waals surface area contributed by atoms with E-state index >= 15 is 0 Å². The second kappa shape index (κ2) is 5.24. The fourth-order valence-corrected chi connectivity index (χ4v) is 1.77. The maximum atomic E-state index is 13.9. The molecule has 0 saturated heterocycles. The highest BCUT2D eigenvalue weighted by atomic mass is 19.1. The fourth-order valence-electron chi connectivity index (χ4n) is 1.77. The zero-order valence-electron chi connectivity index (χ0n) is 9.56. The summed E-state index contributed by atoms with van der Waals surface area (Å²) in [6.45, 7) is 0. The highest BCUT2D eigenvalue weighted by Gasteiger charge is 2.06. The number of hydrogen-bond acceptors (Lipinski definition) is 2. The van der Waals surface area contributed by atoms with Crippen molar-refractivity contribution in [3.05, 3.63) is 59.4 Å². The van der Waals surface area contributed by atoms with Gasteiger partial charge >= 0.3 is 0 Å². The number of carbonyl (C=O) groups is 1. The van der Waals surface area contributed by atoms with E-state index in [1.54, 1.807) is 36.4 Å². The van der Waals surface area contributed by atoms with Crippen LogP contribution in [-0.2, 0) is 6.42 Å². The second-order valence-corrected chi connectivity index (χ2v) is 3.89. The Labute approximate surface area is 104 Å². The number of nitrogens with zero attached hydrogens (tertiary/aromatic N) is 1. The predicted octanol–water partition coefficient (Wildman–Crippen LogP) is 3.37. The lowest BCUT2D eigenvalue weighted by molar-refractivity contribution is 0.112. The first-order valence-corrected chi connectivity index (χ1v) is 5.45. The zero-order valence-corrected chi connectivity index (χ0v) is 9.56. The van der Waals surface area contributed by atoms with Crippen LogP contribution in [0.2, 0.25) is 0 Å². The normalized spacial score (nSPS) is 9.78. The third-order valence-electron chi connectivity index (χ3n) is 2.65.